The minimum Gasteiger partial charge on any atom is -0.340 e. The largest absolute Gasteiger partial charge is 0.340 e. The number of nitrogens with one attached hydrogen (secondary N) is 1. The first-order valence-electron chi connectivity index (χ1n) is 9.72. The number of amides is 2. The predicted octanol–water partition coefficient (Wildman–Crippen LogP) is 3.76. The molecule has 0 saturated heterocycles. The average Bonchev–Trinajstić information content (AvgIpc) is 2.73. The van der Waals surface area contributed by atoms with Crippen LogP contribution in [-0.2, 0) is 16.1 Å². The zero-order chi connectivity index (χ0) is 20.8. The van der Waals surface area contributed by atoms with Gasteiger partial charge in [-0.05, 0) is 31.0 Å². The molecule has 3 aromatic carbocycles. The fourth-order valence-electron chi connectivity index (χ4n) is 3.33. The van der Waals surface area contributed by atoms with Gasteiger partial charge in [0.1, 0.15) is 0 Å². The molecule has 0 unspecified atom stereocenters. The number of rotatable bonds is 7. The van der Waals surface area contributed by atoms with Crippen molar-refractivity contribution in [3.63, 3.8) is 0 Å². The molecule has 29 heavy (non-hydrogen) atoms. The molecule has 5 nitrogen and oxygen atoms in total. The van der Waals surface area contributed by atoms with Crippen molar-refractivity contribution in [2.24, 2.45) is 0 Å². The molecule has 1 atom stereocenters. The lowest BCUT2D eigenvalue weighted by Gasteiger charge is -2.28. The van der Waals surface area contributed by atoms with Gasteiger partial charge in [0.2, 0.25) is 11.8 Å². The summed E-state index contributed by atoms with van der Waals surface area (Å²) < 4.78 is 0. The summed E-state index contributed by atoms with van der Waals surface area (Å²) in [5.41, 5.74) is 1.86. The van der Waals surface area contributed by atoms with Crippen LogP contribution in [0.4, 0.5) is 5.69 Å². The minimum atomic E-state index is -0.401. The van der Waals surface area contributed by atoms with Crippen molar-refractivity contribution in [1.82, 2.24) is 9.80 Å². The van der Waals surface area contributed by atoms with Gasteiger partial charge in [-0.15, -0.1) is 0 Å². The van der Waals surface area contributed by atoms with Gasteiger partial charge in [0.05, 0.1) is 12.6 Å². The van der Waals surface area contributed by atoms with Crippen LogP contribution in [0.1, 0.15) is 12.5 Å². The zero-order valence-corrected chi connectivity index (χ0v) is 17.1. The van der Waals surface area contributed by atoms with E-state index in [9.17, 15) is 9.59 Å². The smallest absolute Gasteiger partial charge is 0.239 e. The van der Waals surface area contributed by atoms with Crippen molar-refractivity contribution >= 4 is 28.3 Å². The van der Waals surface area contributed by atoms with Crippen LogP contribution in [0.3, 0.4) is 0 Å². The normalized spacial score (nSPS) is 12.0. The Morgan fingerprint density at radius 1 is 0.897 bits per heavy atom. The molecular weight excluding hydrogens is 362 g/mol. The highest BCUT2D eigenvalue weighted by atomic mass is 16.2. The van der Waals surface area contributed by atoms with Gasteiger partial charge in [-0.3, -0.25) is 14.5 Å². The molecule has 0 radical (unpaired) electrons. The summed E-state index contributed by atoms with van der Waals surface area (Å²) in [5, 5.41) is 5.04. The van der Waals surface area contributed by atoms with E-state index in [1.165, 1.54) is 0 Å². The summed E-state index contributed by atoms with van der Waals surface area (Å²) in [6.45, 7) is 2.50. The third-order valence-corrected chi connectivity index (χ3v) is 5.11. The standard InChI is InChI=1S/C24H27N3O2/c1-18(24(29)27(3)16-19-10-5-4-6-11-19)26(2)17-23(28)25-22-15-9-13-20-12-7-8-14-21(20)22/h4-15,18H,16-17H2,1-3H3,(H,25,28)/t18-/m1/s1. The number of hydrogen-bond donors (Lipinski definition) is 1. The van der Waals surface area contributed by atoms with Crippen molar-refractivity contribution in [2.75, 3.05) is 26.0 Å². The number of likely N-dealkylation sites (N-methyl/N-ethyl adjacent to an activating group) is 2. The second kappa shape index (κ2) is 9.34. The second-order valence-corrected chi connectivity index (χ2v) is 7.35. The van der Waals surface area contributed by atoms with E-state index in [0.717, 1.165) is 22.0 Å². The average molecular weight is 389 g/mol. The Morgan fingerprint density at radius 3 is 2.31 bits per heavy atom. The fraction of sp³-hybridized carbons (Fsp3) is 0.250. The molecular formula is C24H27N3O2. The number of hydrogen-bond acceptors (Lipinski definition) is 3. The summed E-state index contributed by atoms with van der Waals surface area (Å²) in [7, 11) is 3.58. The molecule has 3 rings (SSSR count). The number of nitrogens with zero attached hydrogens (tertiary/aromatic N) is 2. The Bertz CT molecular complexity index is 982. The van der Waals surface area contributed by atoms with Gasteiger partial charge in [-0.25, -0.2) is 0 Å². The monoisotopic (exact) mass is 389 g/mol. The van der Waals surface area contributed by atoms with E-state index in [-0.39, 0.29) is 18.4 Å². The van der Waals surface area contributed by atoms with E-state index in [2.05, 4.69) is 5.32 Å². The number of carbonyl (C=O) groups is 2. The lowest BCUT2D eigenvalue weighted by molar-refractivity contribution is -0.135. The summed E-state index contributed by atoms with van der Waals surface area (Å²) >= 11 is 0. The topological polar surface area (TPSA) is 52.7 Å². The Hall–Kier alpha value is -3.18. The van der Waals surface area contributed by atoms with E-state index in [4.69, 9.17) is 0 Å². The van der Waals surface area contributed by atoms with Crippen LogP contribution in [0.25, 0.3) is 10.8 Å². The van der Waals surface area contributed by atoms with Gasteiger partial charge >= 0.3 is 0 Å². The molecule has 5 heteroatoms. The van der Waals surface area contributed by atoms with E-state index in [1.807, 2.05) is 79.7 Å². The van der Waals surface area contributed by atoms with Gasteiger partial charge in [-0.1, -0.05) is 66.7 Å². The molecule has 0 bridgehead atoms. The Labute approximate surface area is 171 Å². The summed E-state index contributed by atoms with van der Waals surface area (Å²) in [6.07, 6.45) is 0. The van der Waals surface area contributed by atoms with Crippen LogP contribution in [0.15, 0.2) is 72.8 Å². The quantitative estimate of drug-likeness (QED) is 0.669. The van der Waals surface area contributed by atoms with E-state index in [1.54, 1.807) is 23.9 Å². The van der Waals surface area contributed by atoms with Crippen LogP contribution in [0, 0.1) is 0 Å². The maximum atomic E-state index is 12.8. The molecule has 2 amide bonds. The molecule has 1 N–H and O–H groups in total. The summed E-state index contributed by atoms with van der Waals surface area (Å²) in [5.74, 6) is -0.163. The van der Waals surface area contributed by atoms with E-state index >= 15 is 0 Å². The number of fused-ring (bicyclic) bond motifs is 1. The first kappa shape index (κ1) is 20.6. The first-order chi connectivity index (χ1) is 14.0. The molecule has 150 valence electrons. The maximum absolute atomic E-state index is 12.8. The highest BCUT2D eigenvalue weighted by molar-refractivity contribution is 6.02. The molecule has 0 fully saturated rings. The lowest BCUT2D eigenvalue weighted by Crippen LogP contribution is -2.46. The molecule has 3 aromatic rings. The van der Waals surface area contributed by atoms with Gasteiger partial charge in [-0.2, -0.15) is 0 Å². The minimum absolute atomic E-state index is 0.0192. The number of carbonyl (C=O) groups excluding carboxylic acids is 2. The molecule has 0 aliphatic carbocycles. The van der Waals surface area contributed by atoms with Gasteiger partial charge < -0.3 is 10.2 Å². The van der Waals surface area contributed by atoms with Gasteiger partial charge in [0, 0.05) is 24.7 Å². The highest BCUT2D eigenvalue weighted by Gasteiger charge is 2.23. The SMILES string of the molecule is C[C@H](C(=O)N(C)Cc1ccccc1)N(C)CC(=O)Nc1cccc2ccccc12. The van der Waals surface area contributed by atoms with E-state index < -0.39 is 6.04 Å². The van der Waals surface area contributed by atoms with Gasteiger partial charge in [0.15, 0.2) is 0 Å². The zero-order valence-electron chi connectivity index (χ0n) is 17.1. The highest BCUT2D eigenvalue weighted by Crippen LogP contribution is 2.22. The predicted molar refractivity (Wildman–Crippen MR) is 118 cm³/mol. The molecule has 0 heterocycles. The molecule has 0 aromatic heterocycles. The van der Waals surface area contributed by atoms with Crippen molar-refractivity contribution in [3.8, 4) is 0 Å². The van der Waals surface area contributed by atoms with Crippen molar-refractivity contribution in [2.45, 2.75) is 19.5 Å². The maximum Gasteiger partial charge on any atom is 0.239 e. The van der Waals surface area contributed by atoms with Crippen LogP contribution in [0.5, 0.6) is 0 Å². The van der Waals surface area contributed by atoms with Crippen molar-refractivity contribution < 1.29 is 9.59 Å². The van der Waals surface area contributed by atoms with Gasteiger partial charge in [0.25, 0.3) is 0 Å². The van der Waals surface area contributed by atoms with Crippen LogP contribution < -0.4 is 5.32 Å². The molecule has 0 spiro atoms. The van der Waals surface area contributed by atoms with Crippen LogP contribution >= 0.6 is 0 Å². The first-order valence-corrected chi connectivity index (χ1v) is 9.72. The number of benzene rings is 3. The third-order valence-electron chi connectivity index (χ3n) is 5.11. The number of anilines is 1. The Kier molecular flexibility index (Phi) is 6.62. The van der Waals surface area contributed by atoms with E-state index in [0.29, 0.717) is 6.54 Å². The van der Waals surface area contributed by atoms with Crippen molar-refractivity contribution in [1.29, 1.82) is 0 Å². The summed E-state index contributed by atoms with van der Waals surface area (Å²) in [4.78, 5) is 28.8. The molecule has 0 aliphatic rings. The van der Waals surface area contributed by atoms with Crippen LogP contribution in [-0.4, -0.2) is 48.3 Å². The second-order valence-electron chi connectivity index (χ2n) is 7.35. The molecule has 0 aliphatic heterocycles. The van der Waals surface area contributed by atoms with Crippen molar-refractivity contribution in [3.05, 3.63) is 78.4 Å². The Balaban J connectivity index is 1.59. The lowest BCUT2D eigenvalue weighted by atomic mass is 10.1. The third kappa shape index (κ3) is 5.21. The molecule has 0 saturated carbocycles. The fourth-order valence-corrected chi connectivity index (χ4v) is 3.33. The summed E-state index contributed by atoms with van der Waals surface area (Å²) in [6, 6.07) is 23.2. The van der Waals surface area contributed by atoms with Crippen LogP contribution in [0.2, 0.25) is 0 Å². The Morgan fingerprint density at radius 2 is 1.55 bits per heavy atom.